The van der Waals surface area contributed by atoms with Crippen LogP contribution < -0.4 is 0 Å². The Labute approximate surface area is 127 Å². The Morgan fingerprint density at radius 2 is 2.14 bits per heavy atom. The van der Waals surface area contributed by atoms with Gasteiger partial charge in [0.05, 0.1) is 11.4 Å². The first-order chi connectivity index (χ1) is 10.0. The molecule has 6 heteroatoms. The van der Waals surface area contributed by atoms with Gasteiger partial charge in [-0.2, -0.15) is 0 Å². The van der Waals surface area contributed by atoms with E-state index in [9.17, 15) is 4.79 Å². The van der Waals surface area contributed by atoms with Gasteiger partial charge in [-0.15, -0.1) is 11.3 Å². The number of thiazole rings is 1. The van der Waals surface area contributed by atoms with E-state index in [2.05, 4.69) is 17.1 Å². The third-order valence-electron chi connectivity index (χ3n) is 3.15. The third-order valence-corrected chi connectivity index (χ3v) is 4.26. The highest BCUT2D eigenvalue weighted by Crippen LogP contribution is 2.22. The van der Waals surface area contributed by atoms with Crippen LogP contribution in [0.25, 0.3) is 12.2 Å². The Balaban J connectivity index is 2.23. The lowest BCUT2D eigenvalue weighted by Gasteiger charge is -1.95. The highest BCUT2D eigenvalue weighted by Gasteiger charge is 2.13. The number of carbonyl (C=O) groups is 1. The van der Waals surface area contributed by atoms with E-state index in [0.717, 1.165) is 36.3 Å². The van der Waals surface area contributed by atoms with Gasteiger partial charge in [0.15, 0.2) is 0 Å². The summed E-state index contributed by atoms with van der Waals surface area (Å²) in [5.41, 5.74) is 2.45. The number of aromatic nitrogens is 2. The SMILES string of the molecule is CCCCc1noc(C)c1/C=C\c1nc(C)c(C(=O)O)s1. The molecule has 112 valence electrons. The van der Waals surface area contributed by atoms with Gasteiger partial charge in [-0.25, -0.2) is 9.78 Å². The van der Waals surface area contributed by atoms with Crippen LogP contribution >= 0.6 is 11.3 Å². The van der Waals surface area contributed by atoms with Crippen molar-refractivity contribution in [3.05, 3.63) is 32.6 Å². The molecule has 2 heterocycles. The molecular weight excluding hydrogens is 288 g/mol. The maximum atomic E-state index is 11.0. The number of hydrogen-bond acceptors (Lipinski definition) is 5. The van der Waals surface area contributed by atoms with Crippen LogP contribution in [0.3, 0.4) is 0 Å². The average Bonchev–Trinajstić information content (AvgIpc) is 2.97. The average molecular weight is 306 g/mol. The van der Waals surface area contributed by atoms with Crippen LogP contribution in [0.5, 0.6) is 0 Å². The molecule has 2 aromatic rings. The molecule has 0 aliphatic carbocycles. The first-order valence-electron chi connectivity index (χ1n) is 6.86. The largest absolute Gasteiger partial charge is 0.477 e. The molecule has 0 unspecified atom stereocenters. The predicted molar refractivity (Wildman–Crippen MR) is 82.6 cm³/mol. The molecule has 0 amide bonds. The molecule has 0 atom stereocenters. The molecule has 0 radical (unpaired) electrons. The molecule has 0 aliphatic heterocycles. The van der Waals surface area contributed by atoms with Crippen molar-refractivity contribution < 1.29 is 14.4 Å². The van der Waals surface area contributed by atoms with E-state index in [-0.39, 0.29) is 4.88 Å². The fourth-order valence-corrected chi connectivity index (χ4v) is 2.81. The summed E-state index contributed by atoms with van der Waals surface area (Å²) in [7, 11) is 0. The summed E-state index contributed by atoms with van der Waals surface area (Å²) in [6.45, 7) is 5.71. The molecule has 0 saturated carbocycles. The van der Waals surface area contributed by atoms with Gasteiger partial charge in [0.25, 0.3) is 0 Å². The number of nitrogens with zero attached hydrogens (tertiary/aromatic N) is 2. The number of unbranched alkanes of at least 4 members (excludes halogenated alkanes) is 1. The minimum atomic E-state index is -0.936. The minimum Gasteiger partial charge on any atom is -0.477 e. The number of rotatable bonds is 6. The predicted octanol–water partition coefficient (Wildman–Crippen LogP) is 3.96. The van der Waals surface area contributed by atoms with Crippen LogP contribution in [0.1, 0.15) is 57.2 Å². The smallest absolute Gasteiger partial charge is 0.347 e. The Morgan fingerprint density at radius 1 is 1.38 bits per heavy atom. The molecule has 0 saturated heterocycles. The molecule has 0 aromatic carbocycles. The third kappa shape index (κ3) is 3.58. The quantitative estimate of drug-likeness (QED) is 0.874. The van der Waals surface area contributed by atoms with Gasteiger partial charge in [0.2, 0.25) is 0 Å². The Kier molecular flexibility index (Phi) is 4.90. The van der Waals surface area contributed by atoms with Crippen molar-refractivity contribution >= 4 is 29.5 Å². The summed E-state index contributed by atoms with van der Waals surface area (Å²) in [5, 5.41) is 13.8. The number of aromatic carboxylic acids is 1. The maximum Gasteiger partial charge on any atom is 0.347 e. The van der Waals surface area contributed by atoms with Crippen LogP contribution in [-0.4, -0.2) is 21.2 Å². The van der Waals surface area contributed by atoms with Crippen molar-refractivity contribution in [2.45, 2.75) is 40.0 Å². The first kappa shape index (κ1) is 15.4. The van der Waals surface area contributed by atoms with Crippen molar-refractivity contribution in [1.29, 1.82) is 0 Å². The number of carboxylic acid groups (broad SMARTS) is 1. The lowest BCUT2D eigenvalue weighted by molar-refractivity contribution is 0.0701. The second-order valence-electron chi connectivity index (χ2n) is 4.81. The van der Waals surface area contributed by atoms with Crippen LogP contribution in [0.15, 0.2) is 4.52 Å². The van der Waals surface area contributed by atoms with E-state index in [1.54, 1.807) is 6.92 Å². The molecule has 2 aromatic heterocycles. The lowest BCUT2D eigenvalue weighted by atomic mass is 10.1. The first-order valence-corrected chi connectivity index (χ1v) is 7.68. The van der Waals surface area contributed by atoms with E-state index in [1.807, 2.05) is 19.1 Å². The van der Waals surface area contributed by atoms with Crippen molar-refractivity contribution in [2.75, 3.05) is 0 Å². The van der Waals surface area contributed by atoms with E-state index in [4.69, 9.17) is 9.63 Å². The second-order valence-corrected chi connectivity index (χ2v) is 5.84. The molecule has 2 rings (SSSR count). The van der Waals surface area contributed by atoms with Gasteiger partial charge >= 0.3 is 5.97 Å². The highest BCUT2D eigenvalue weighted by molar-refractivity contribution is 7.14. The zero-order valence-electron chi connectivity index (χ0n) is 12.3. The van der Waals surface area contributed by atoms with E-state index in [0.29, 0.717) is 10.7 Å². The van der Waals surface area contributed by atoms with Crippen LogP contribution in [-0.2, 0) is 6.42 Å². The molecule has 21 heavy (non-hydrogen) atoms. The standard InChI is InChI=1S/C15H18N2O3S/c1-4-5-6-12-11(10(3)20-17-12)7-8-13-16-9(2)14(21-13)15(18)19/h7-8H,4-6H2,1-3H3,(H,18,19)/b8-7-. The molecule has 0 aliphatic rings. The Bertz CT molecular complexity index is 671. The molecule has 0 spiro atoms. The molecule has 5 nitrogen and oxygen atoms in total. The van der Waals surface area contributed by atoms with E-state index in [1.165, 1.54) is 11.3 Å². The lowest BCUT2D eigenvalue weighted by Crippen LogP contribution is -1.94. The van der Waals surface area contributed by atoms with Crippen molar-refractivity contribution in [3.8, 4) is 0 Å². The molecule has 0 fully saturated rings. The minimum absolute atomic E-state index is 0.280. The van der Waals surface area contributed by atoms with Crippen LogP contribution in [0.2, 0.25) is 0 Å². The van der Waals surface area contributed by atoms with Crippen LogP contribution in [0, 0.1) is 13.8 Å². The number of hydrogen-bond donors (Lipinski definition) is 1. The Hall–Kier alpha value is -1.95. The molecular formula is C15H18N2O3S. The maximum absolute atomic E-state index is 11.0. The van der Waals surface area contributed by atoms with Crippen molar-refractivity contribution in [3.63, 3.8) is 0 Å². The zero-order chi connectivity index (χ0) is 15.4. The van der Waals surface area contributed by atoms with Gasteiger partial charge < -0.3 is 9.63 Å². The number of carboxylic acids is 1. The monoisotopic (exact) mass is 306 g/mol. The van der Waals surface area contributed by atoms with Gasteiger partial charge in [-0.3, -0.25) is 0 Å². The topological polar surface area (TPSA) is 76.2 Å². The second kappa shape index (κ2) is 6.67. The van der Waals surface area contributed by atoms with Crippen molar-refractivity contribution in [1.82, 2.24) is 10.1 Å². The summed E-state index contributed by atoms with van der Waals surface area (Å²) >= 11 is 1.17. The Morgan fingerprint density at radius 3 is 2.76 bits per heavy atom. The summed E-state index contributed by atoms with van der Waals surface area (Å²) in [6, 6.07) is 0. The van der Waals surface area contributed by atoms with Gasteiger partial charge in [0.1, 0.15) is 15.6 Å². The fraction of sp³-hybridized carbons (Fsp3) is 0.400. The van der Waals surface area contributed by atoms with Gasteiger partial charge in [-0.1, -0.05) is 18.5 Å². The zero-order valence-corrected chi connectivity index (χ0v) is 13.2. The van der Waals surface area contributed by atoms with Crippen molar-refractivity contribution in [2.24, 2.45) is 0 Å². The van der Waals surface area contributed by atoms with Gasteiger partial charge in [-0.05, 0) is 38.8 Å². The summed E-state index contributed by atoms with van der Waals surface area (Å²) in [5.74, 6) is -0.168. The number of aryl methyl sites for hydroxylation is 3. The molecule has 0 bridgehead atoms. The summed E-state index contributed by atoms with van der Waals surface area (Å²) < 4.78 is 5.24. The summed E-state index contributed by atoms with van der Waals surface area (Å²) in [6.07, 6.45) is 6.76. The molecule has 1 N–H and O–H groups in total. The summed E-state index contributed by atoms with van der Waals surface area (Å²) in [4.78, 5) is 15.5. The normalized spacial score (nSPS) is 11.4. The van der Waals surface area contributed by atoms with E-state index >= 15 is 0 Å². The highest BCUT2D eigenvalue weighted by atomic mass is 32.1. The van der Waals surface area contributed by atoms with Gasteiger partial charge in [0, 0.05) is 5.56 Å². The van der Waals surface area contributed by atoms with Crippen LogP contribution in [0.4, 0.5) is 0 Å². The van der Waals surface area contributed by atoms with E-state index < -0.39 is 5.97 Å². The fourth-order valence-electron chi connectivity index (χ4n) is 2.00.